The van der Waals surface area contributed by atoms with Crippen LogP contribution in [0.5, 0.6) is 5.75 Å². The zero-order valence-corrected chi connectivity index (χ0v) is 17.5. The van der Waals surface area contributed by atoms with E-state index in [4.69, 9.17) is 9.15 Å². The zero-order chi connectivity index (χ0) is 21.8. The average Bonchev–Trinajstić information content (AvgIpc) is 3.45. The first-order valence-corrected chi connectivity index (χ1v) is 10.2. The summed E-state index contributed by atoms with van der Waals surface area (Å²) < 4.78 is 24.8. The molecule has 4 rings (SSSR count). The Morgan fingerprint density at radius 2 is 1.97 bits per heavy atom. The summed E-state index contributed by atoms with van der Waals surface area (Å²) >= 11 is 0. The van der Waals surface area contributed by atoms with Gasteiger partial charge in [-0.1, -0.05) is 18.2 Å². The molecule has 2 atom stereocenters. The molecule has 2 aromatic carbocycles. The lowest BCUT2D eigenvalue weighted by molar-refractivity contribution is -0.885. The first kappa shape index (κ1) is 20.8. The Labute approximate surface area is 180 Å². The van der Waals surface area contributed by atoms with E-state index in [0.717, 1.165) is 21.9 Å². The predicted octanol–water partition coefficient (Wildman–Crippen LogP) is 2.82. The maximum Gasteiger partial charge on any atom is 0.298 e. The van der Waals surface area contributed by atoms with Crippen molar-refractivity contribution in [2.45, 2.75) is 19.0 Å². The number of carbonyl (C=O) groups is 1. The van der Waals surface area contributed by atoms with Crippen LogP contribution in [0.4, 0.5) is 4.39 Å². The molecule has 1 amide bonds. The fourth-order valence-electron chi connectivity index (χ4n) is 3.77. The van der Waals surface area contributed by atoms with Gasteiger partial charge in [0.2, 0.25) is 0 Å². The van der Waals surface area contributed by atoms with E-state index in [1.54, 1.807) is 37.6 Å². The number of hydrogen-bond acceptors (Lipinski definition) is 4. The summed E-state index contributed by atoms with van der Waals surface area (Å²) in [5, 5.41) is 6.14. The number of furan rings is 1. The van der Waals surface area contributed by atoms with Gasteiger partial charge in [-0.3, -0.25) is 4.79 Å². The van der Waals surface area contributed by atoms with E-state index in [0.29, 0.717) is 24.3 Å². The second-order valence-corrected chi connectivity index (χ2v) is 7.65. The number of nitrogens with zero attached hydrogens (tertiary/aromatic N) is 2. The number of hydrazone groups is 1. The molecule has 0 fully saturated rings. The van der Waals surface area contributed by atoms with Crippen molar-refractivity contribution in [3.8, 4) is 5.75 Å². The molecule has 160 valence electrons. The standard InChI is InChI=1S/C24H24FN3O3/c1-27(15-18-6-3-4-7-20(18)25)16-24(29)28-22(23-8-5-13-31-23)14-21(26-28)17-9-11-19(30-2)12-10-17/h3-13,22H,14-16H2,1-2H3/p+1/t22-/m1/s1. The Hall–Kier alpha value is -3.45. The fourth-order valence-corrected chi connectivity index (χ4v) is 3.77. The number of benzene rings is 2. The van der Waals surface area contributed by atoms with E-state index in [2.05, 4.69) is 5.10 Å². The maximum atomic E-state index is 14.0. The predicted molar refractivity (Wildman–Crippen MR) is 114 cm³/mol. The molecule has 0 bridgehead atoms. The van der Waals surface area contributed by atoms with Crippen LogP contribution < -0.4 is 9.64 Å². The second kappa shape index (κ2) is 9.14. The fraction of sp³-hybridized carbons (Fsp3) is 0.250. The number of amides is 1. The van der Waals surface area contributed by atoms with Crippen LogP contribution in [0, 0.1) is 5.82 Å². The molecule has 1 aliphatic rings. The van der Waals surface area contributed by atoms with Crippen molar-refractivity contribution >= 4 is 11.6 Å². The molecule has 2 heterocycles. The van der Waals surface area contributed by atoms with Gasteiger partial charge >= 0.3 is 0 Å². The normalized spacial score (nSPS) is 16.8. The van der Waals surface area contributed by atoms with E-state index >= 15 is 0 Å². The molecular weight excluding hydrogens is 397 g/mol. The lowest BCUT2D eigenvalue weighted by atomic mass is 10.0. The van der Waals surface area contributed by atoms with Crippen LogP contribution in [0.25, 0.3) is 0 Å². The monoisotopic (exact) mass is 422 g/mol. The molecule has 0 spiro atoms. The summed E-state index contributed by atoms with van der Waals surface area (Å²) in [6, 6.07) is 17.6. The van der Waals surface area contributed by atoms with Crippen LogP contribution in [0.1, 0.15) is 29.3 Å². The highest BCUT2D eigenvalue weighted by atomic mass is 19.1. The number of likely N-dealkylation sites (N-methyl/N-ethyl adjacent to an activating group) is 1. The van der Waals surface area contributed by atoms with Crippen molar-refractivity contribution in [2.24, 2.45) is 5.10 Å². The lowest BCUT2D eigenvalue weighted by Crippen LogP contribution is -3.08. The zero-order valence-electron chi connectivity index (χ0n) is 17.5. The van der Waals surface area contributed by atoms with Crippen molar-refractivity contribution < 1.29 is 23.2 Å². The Kier molecular flexibility index (Phi) is 6.13. The second-order valence-electron chi connectivity index (χ2n) is 7.65. The van der Waals surface area contributed by atoms with Crippen LogP contribution in [-0.4, -0.2) is 37.3 Å². The first-order valence-electron chi connectivity index (χ1n) is 10.2. The highest BCUT2D eigenvalue weighted by molar-refractivity contribution is 6.03. The summed E-state index contributed by atoms with van der Waals surface area (Å²) in [5.74, 6) is 1.05. The maximum absolute atomic E-state index is 14.0. The molecule has 0 saturated heterocycles. The third-order valence-corrected chi connectivity index (χ3v) is 5.36. The topological polar surface area (TPSA) is 59.5 Å². The number of rotatable bonds is 7. The van der Waals surface area contributed by atoms with Gasteiger partial charge in [-0.2, -0.15) is 5.10 Å². The third kappa shape index (κ3) is 4.67. The molecule has 6 nitrogen and oxygen atoms in total. The van der Waals surface area contributed by atoms with Crippen molar-refractivity contribution in [2.75, 3.05) is 20.7 Å². The number of quaternary nitrogens is 1. The highest BCUT2D eigenvalue weighted by Crippen LogP contribution is 2.33. The molecule has 0 radical (unpaired) electrons. The highest BCUT2D eigenvalue weighted by Gasteiger charge is 2.36. The van der Waals surface area contributed by atoms with E-state index in [9.17, 15) is 9.18 Å². The van der Waals surface area contributed by atoms with Gasteiger partial charge in [0.15, 0.2) is 6.54 Å². The number of hydrogen-bond donors (Lipinski definition) is 1. The number of methoxy groups -OCH3 is 1. The lowest BCUT2D eigenvalue weighted by Gasteiger charge is -2.22. The van der Waals surface area contributed by atoms with Gasteiger partial charge < -0.3 is 14.1 Å². The molecule has 1 aliphatic heterocycles. The Morgan fingerprint density at radius 1 is 1.19 bits per heavy atom. The number of ether oxygens (including phenoxy) is 1. The minimum absolute atomic E-state index is 0.140. The molecule has 7 heteroatoms. The van der Waals surface area contributed by atoms with Gasteiger partial charge in [-0.15, -0.1) is 0 Å². The van der Waals surface area contributed by atoms with Crippen LogP contribution in [0.15, 0.2) is 76.4 Å². The molecule has 31 heavy (non-hydrogen) atoms. The largest absolute Gasteiger partial charge is 0.497 e. The third-order valence-electron chi connectivity index (χ3n) is 5.36. The van der Waals surface area contributed by atoms with Crippen LogP contribution >= 0.6 is 0 Å². The van der Waals surface area contributed by atoms with Crippen molar-refractivity contribution in [3.63, 3.8) is 0 Å². The SMILES string of the molecule is COc1ccc(C2=NN(C(=O)C[NH+](C)Cc3ccccc3F)[C@@H](c3ccco3)C2)cc1. The Balaban J connectivity index is 1.52. The quantitative estimate of drug-likeness (QED) is 0.637. The van der Waals surface area contributed by atoms with E-state index in [1.165, 1.54) is 11.1 Å². The molecule has 0 saturated carbocycles. The summed E-state index contributed by atoms with van der Waals surface area (Å²) in [7, 11) is 3.49. The Bertz CT molecular complexity index is 1060. The smallest absolute Gasteiger partial charge is 0.298 e. The number of carbonyl (C=O) groups excluding carboxylic acids is 1. The Morgan fingerprint density at radius 3 is 2.65 bits per heavy atom. The summed E-state index contributed by atoms with van der Waals surface area (Å²) in [5.41, 5.74) is 2.32. The molecule has 0 aliphatic carbocycles. The van der Waals surface area contributed by atoms with E-state index in [1.807, 2.05) is 37.4 Å². The molecule has 3 aromatic rings. The van der Waals surface area contributed by atoms with Crippen LogP contribution in [-0.2, 0) is 11.3 Å². The first-order chi connectivity index (χ1) is 15.0. The van der Waals surface area contributed by atoms with E-state index < -0.39 is 0 Å². The average molecular weight is 422 g/mol. The molecular formula is C24H25FN3O3+. The van der Waals surface area contributed by atoms with Crippen molar-refractivity contribution in [1.29, 1.82) is 0 Å². The number of halogens is 1. The van der Waals surface area contributed by atoms with Gasteiger partial charge in [0.25, 0.3) is 5.91 Å². The molecule has 1 N–H and O–H groups in total. The summed E-state index contributed by atoms with van der Waals surface area (Å²) in [6.45, 7) is 0.595. The number of nitrogens with one attached hydrogen (secondary N) is 1. The van der Waals surface area contributed by atoms with E-state index in [-0.39, 0.29) is 24.3 Å². The minimum Gasteiger partial charge on any atom is -0.497 e. The summed E-state index contributed by atoms with van der Waals surface area (Å²) in [6.07, 6.45) is 2.15. The van der Waals surface area contributed by atoms with Crippen molar-refractivity contribution in [1.82, 2.24) is 5.01 Å². The van der Waals surface area contributed by atoms with Gasteiger partial charge in [0.05, 0.1) is 26.1 Å². The van der Waals surface area contributed by atoms with Crippen LogP contribution in [0.2, 0.25) is 0 Å². The molecule has 1 aromatic heterocycles. The summed E-state index contributed by atoms with van der Waals surface area (Å²) in [4.78, 5) is 14.0. The van der Waals surface area contributed by atoms with Gasteiger partial charge in [0, 0.05) is 12.0 Å². The minimum atomic E-state index is -0.305. The molecule has 1 unspecified atom stereocenters. The van der Waals surface area contributed by atoms with Crippen LogP contribution in [0.3, 0.4) is 0 Å². The van der Waals surface area contributed by atoms with Gasteiger partial charge in [-0.25, -0.2) is 9.40 Å². The van der Waals surface area contributed by atoms with Gasteiger partial charge in [-0.05, 0) is 48.0 Å². The van der Waals surface area contributed by atoms with Crippen molar-refractivity contribution in [3.05, 3.63) is 89.6 Å². The van der Waals surface area contributed by atoms with Gasteiger partial charge in [0.1, 0.15) is 29.9 Å².